The maximum absolute atomic E-state index is 13.7. The average Bonchev–Trinajstić information content (AvgIpc) is 3.28. The van der Waals surface area contributed by atoms with Crippen molar-refractivity contribution in [3.05, 3.63) is 71.4 Å². The van der Waals surface area contributed by atoms with Gasteiger partial charge in [-0.25, -0.2) is 14.4 Å². The molecule has 0 bridgehead atoms. The first kappa shape index (κ1) is 26.0. The number of hydrogen-bond acceptors (Lipinski definition) is 6. The lowest BCUT2D eigenvalue weighted by Gasteiger charge is -2.46. The number of nitrogens with zero attached hydrogens (tertiary/aromatic N) is 5. The number of β-lactam (4-membered cyclic amide) rings is 1. The van der Waals surface area contributed by atoms with Gasteiger partial charge < -0.3 is 10.3 Å². The van der Waals surface area contributed by atoms with E-state index in [4.69, 9.17) is 5.73 Å². The van der Waals surface area contributed by atoms with Crippen LogP contribution in [0.3, 0.4) is 0 Å². The standard InChI is InChI=1S/C27H31FN6O3/c1-5-18(19-6-8-20(28)9-7-19)15-23(35)34-24(26(37)33(4)27-30-10-11-32(27)3)21(25(34)36)13-17-12-16(2)31-22(29)14-17/h6-12,14,18,21,24H,5,13,15H2,1-4H3,(H2,29,31)/t18-,21+,24-/m0/s1. The number of aromatic nitrogens is 3. The van der Waals surface area contributed by atoms with E-state index in [1.807, 2.05) is 13.0 Å². The number of likely N-dealkylation sites (tertiary alicyclic amines) is 1. The van der Waals surface area contributed by atoms with Crippen molar-refractivity contribution in [1.29, 1.82) is 0 Å². The quantitative estimate of drug-likeness (QED) is 0.470. The van der Waals surface area contributed by atoms with Crippen LogP contribution in [0.2, 0.25) is 0 Å². The molecular formula is C27H31FN6O3. The SMILES string of the molecule is CC[C@@H](CC(=O)N1C(=O)[C@H](Cc2cc(C)nc(N)c2)[C@H]1C(=O)N(C)c1nccn1C)c1ccc(F)cc1. The fourth-order valence-corrected chi connectivity index (χ4v) is 4.97. The summed E-state index contributed by atoms with van der Waals surface area (Å²) in [5.41, 5.74) is 8.17. The van der Waals surface area contributed by atoms with Crippen molar-refractivity contribution in [2.45, 2.75) is 45.1 Å². The van der Waals surface area contributed by atoms with Gasteiger partial charge in [-0.1, -0.05) is 19.1 Å². The number of carbonyl (C=O) groups excluding carboxylic acids is 3. The number of nitrogen functional groups attached to an aromatic ring is 1. The molecule has 0 unspecified atom stereocenters. The van der Waals surface area contributed by atoms with Crippen molar-refractivity contribution < 1.29 is 18.8 Å². The number of anilines is 2. The van der Waals surface area contributed by atoms with E-state index in [1.165, 1.54) is 17.0 Å². The third-order valence-corrected chi connectivity index (χ3v) is 6.91. The van der Waals surface area contributed by atoms with Crippen LogP contribution in [0.1, 0.15) is 42.5 Å². The Labute approximate surface area is 215 Å². The summed E-state index contributed by atoms with van der Waals surface area (Å²) in [7, 11) is 3.34. The molecule has 2 aromatic heterocycles. The van der Waals surface area contributed by atoms with Gasteiger partial charge in [0.05, 0.1) is 5.92 Å². The molecule has 10 heteroatoms. The predicted octanol–water partition coefficient (Wildman–Crippen LogP) is 2.99. The smallest absolute Gasteiger partial charge is 0.253 e. The summed E-state index contributed by atoms with van der Waals surface area (Å²) in [5.74, 6) is -1.82. The number of imidazole rings is 1. The molecule has 4 rings (SSSR count). The highest BCUT2D eigenvalue weighted by atomic mass is 19.1. The molecule has 3 amide bonds. The van der Waals surface area contributed by atoms with Crippen molar-refractivity contribution in [1.82, 2.24) is 19.4 Å². The third kappa shape index (κ3) is 5.23. The first-order chi connectivity index (χ1) is 17.6. The van der Waals surface area contributed by atoms with Crippen LogP contribution >= 0.6 is 0 Å². The average molecular weight is 507 g/mol. The van der Waals surface area contributed by atoms with E-state index >= 15 is 0 Å². The molecule has 9 nitrogen and oxygen atoms in total. The van der Waals surface area contributed by atoms with Gasteiger partial charge in [-0.05, 0) is 61.1 Å². The number of aryl methyl sites for hydroxylation is 2. The number of likely N-dealkylation sites (N-methyl/N-ethyl adjacent to an activating group) is 1. The summed E-state index contributed by atoms with van der Waals surface area (Å²) in [4.78, 5) is 51.3. The zero-order valence-electron chi connectivity index (χ0n) is 21.4. The van der Waals surface area contributed by atoms with E-state index in [2.05, 4.69) is 9.97 Å². The van der Waals surface area contributed by atoms with E-state index in [0.717, 1.165) is 16.0 Å². The lowest BCUT2D eigenvalue weighted by Crippen LogP contribution is -2.69. The highest BCUT2D eigenvalue weighted by Crippen LogP contribution is 2.35. The normalized spacial score (nSPS) is 17.9. The number of carbonyl (C=O) groups is 3. The summed E-state index contributed by atoms with van der Waals surface area (Å²) < 4.78 is 15.1. The van der Waals surface area contributed by atoms with Gasteiger partial charge in [-0.15, -0.1) is 0 Å². The Kier molecular flexibility index (Phi) is 7.37. The van der Waals surface area contributed by atoms with Crippen molar-refractivity contribution in [3.8, 4) is 0 Å². The number of amides is 3. The third-order valence-electron chi connectivity index (χ3n) is 6.91. The van der Waals surface area contributed by atoms with E-state index < -0.39 is 29.7 Å². The number of pyridine rings is 1. The topological polar surface area (TPSA) is 114 Å². The van der Waals surface area contributed by atoms with Gasteiger partial charge in [0, 0.05) is 38.6 Å². The highest BCUT2D eigenvalue weighted by Gasteiger charge is 2.55. The molecule has 1 aliphatic heterocycles. The number of hydrogen-bond donors (Lipinski definition) is 1. The Hall–Kier alpha value is -4.08. The molecule has 1 fully saturated rings. The van der Waals surface area contributed by atoms with Crippen LogP contribution in [0.25, 0.3) is 0 Å². The molecule has 0 spiro atoms. The molecule has 0 radical (unpaired) electrons. The van der Waals surface area contributed by atoms with Gasteiger partial charge in [0.2, 0.25) is 17.8 Å². The monoisotopic (exact) mass is 506 g/mol. The number of benzene rings is 1. The summed E-state index contributed by atoms with van der Waals surface area (Å²) in [6.45, 7) is 3.73. The van der Waals surface area contributed by atoms with Crippen LogP contribution < -0.4 is 10.6 Å². The summed E-state index contributed by atoms with van der Waals surface area (Å²) in [5, 5.41) is 0. The zero-order valence-corrected chi connectivity index (χ0v) is 21.4. The van der Waals surface area contributed by atoms with Crippen LogP contribution in [0, 0.1) is 18.7 Å². The lowest BCUT2D eigenvalue weighted by atomic mass is 9.80. The van der Waals surface area contributed by atoms with Crippen LogP contribution in [-0.2, 0) is 27.9 Å². The second-order valence-corrected chi connectivity index (χ2v) is 9.50. The molecule has 1 saturated heterocycles. The lowest BCUT2D eigenvalue weighted by molar-refractivity contribution is -0.170. The predicted molar refractivity (Wildman–Crippen MR) is 137 cm³/mol. The van der Waals surface area contributed by atoms with Crippen molar-refractivity contribution in [2.24, 2.45) is 13.0 Å². The Morgan fingerprint density at radius 2 is 1.92 bits per heavy atom. The summed E-state index contributed by atoms with van der Waals surface area (Å²) in [6.07, 6.45) is 4.17. The molecule has 37 heavy (non-hydrogen) atoms. The van der Waals surface area contributed by atoms with Crippen molar-refractivity contribution in [3.63, 3.8) is 0 Å². The first-order valence-electron chi connectivity index (χ1n) is 12.2. The van der Waals surface area contributed by atoms with Crippen LogP contribution in [-0.4, -0.2) is 50.2 Å². The Balaban J connectivity index is 1.61. The van der Waals surface area contributed by atoms with E-state index in [0.29, 0.717) is 23.9 Å². The number of halogens is 1. The van der Waals surface area contributed by atoms with Crippen molar-refractivity contribution >= 4 is 29.5 Å². The molecule has 3 atom stereocenters. The molecular weight excluding hydrogens is 475 g/mol. The number of nitrogens with two attached hydrogens (primary N) is 1. The molecule has 2 N–H and O–H groups in total. The molecule has 3 heterocycles. The van der Waals surface area contributed by atoms with Gasteiger partial charge in [0.15, 0.2) is 0 Å². The van der Waals surface area contributed by atoms with Crippen LogP contribution in [0.5, 0.6) is 0 Å². The second kappa shape index (κ2) is 10.5. The van der Waals surface area contributed by atoms with Gasteiger partial charge in [-0.3, -0.25) is 24.2 Å². The fraction of sp³-hybridized carbons (Fsp3) is 0.370. The summed E-state index contributed by atoms with van der Waals surface area (Å²) >= 11 is 0. The molecule has 0 saturated carbocycles. The maximum Gasteiger partial charge on any atom is 0.253 e. The minimum absolute atomic E-state index is 0.0256. The van der Waals surface area contributed by atoms with Gasteiger partial charge >= 0.3 is 0 Å². The molecule has 1 aromatic carbocycles. The largest absolute Gasteiger partial charge is 0.384 e. The van der Waals surface area contributed by atoms with Crippen LogP contribution in [0.4, 0.5) is 16.2 Å². The Bertz CT molecular complexity index is 1300. The molecule has 0 aliphatic carbocycles. The molecule has 194 valence electrons. The maximum atomic E-state index is 13.7. The van der Waals surface area contributed by atoms with E-state index in [-0.39, 0.29) is 24.6 Å². The second-order valence-electron chi connectivity index (χ2n) is 9.50. The molecule has 3 aromatic rings. The van der Waals surface area contributed by atoms with Gasteiger partial charge in [0.1, 0.15) is 17.7 Å². The van der Waals surface area contributed by atoms with E-state index in [1.54, 1.807) is 56.2 Å². The Morgan fingerprint density at radius 1 is 1.22 bits per heavy atom. The molecule has 1 aliphatic rings. The highest BCUT2D eigenvalue weighted by molar-refractivity contribution is 6.12. The van der Waals surface area contributed by atoms with E-state index in [9.17, 15) is 18.8 Å². The fourth-order valence-electron chi connectivity index (χ4n) is 4.97. The number of rotatable bonds is 8. The zero-order chi connectivity index (χ0) is 26.9. The summed E-state index contributed by atoms with van der Waals surface area (Å²) in [6, 6.07) is 8.50. The first-order valence-corrected chi connectivity index (χ1v) is 12.2. The minimum atomic E-state index is -0.984. The number of imide groups is 1. The van der Waals surface area contributed by atoms with Gasteiger partial charge in [-0.2, -0.15) is 0 Å². The van der Waals surface area contributed by atoms with Gasteiger partial charge in [0.25, 0.3) is 5.91 Å². The van der Waals surface area contributed by atoms with Crippen molar-refractivity contribution in [2.75, 3.05) is 17.7 Å². The Morgan fingerprint density at radius 3 is 2.51 bits per heavy atom. The minimum Gasteiger partial charge on any atom is -0.384 e. The van der Waals surface area contributed by atoms with Crippen LogP contribution in [0.15, 0.2) is 48.8 Å².